The Morgan fingerprint density at radius 2 is 1.84 bits per heavy atom. The fraction of sp³-hybridized carbons (Fsp3) is 0.304. The highest BCUT2D eigenvalue weighted by molar-refractivity contribution is 6.06. The molecule has 0 fully saturated rings. The van der Waals surface area contributed by atoms with Gasteiger partial charge in [-0.1, -0.05) is 18.2 Å². The number of amides is 3. The second kappa shape index (κ2) is 9.95. The lowest BCUT2D eigenvalue weighted by molar-refractivity contribution is -0.121. The Bertz CT molecular complexity index is 1120. The average Bonchev–Trinajstić information content (AvgIpc) is 3.19. The molecule has 1 heterocycles. The number of rotatable bonds is 7. The minimum atomic E-state index is -0.593. The number of para-hydroxylation sites is 1. The van der Waals surface area contributed by atoms with Gasteiger partial charge >= 0.3 is 6.09 Å². The third-order valence-corrected chi connectivity index (χ3v) is 4.44. The largest absolute Gasteiger partial charge is 0.444 e. The summed E-state index contributed by atoms with van der Waals surface area (Å²) in [6, 6.07) is 12.5. The van der Waals surface area contributed by atoms with E-state index in [0.717, 1.165) is 16.6 Å². The molecule has 0 unspecified atom stereocenters. The highest BCUT2D eigenvalue weighted by atomic mass is 16.6. The van der Waals surface area contributed by atoms with Crippen LogP contribution < -0.4 is 16.0 Å². The lowest BCUT2D eigenvalue weighted by atomic mass is 10.1. The minimum Gasteiger partial charge on any atom is -0.444 e. The SMILES string of the molecule is CC(C)(C)OC(=O)NCCC(=O)NCc1ccccc1NC(=O)c1ccc2nc[nH]c2c1. The molecule has 1 aromatic heterocycles. The average molecular weight is 438 g/mol. The first-order valence-corrected chi connectivity index (χ1v) is 10.3. The van der Waals surface area contributed by atoms with Gasteiger partial charge in [0.1, 0.15) is 5.60 Å². The summed E-state index contributed by atoms with van der Waals surface area (Å²) in [4.78, 5) is 43.6. The van der Waals surface area contributed by atoms with Gasteiger partial charge in [0.05, 0.1) is 17.4 Å². The number of carbonyl (C=O) groups excluding carboxylic acids is 3. The monoisotopic (exact) mass is 437 g/mol. The Morgan fingerprint density at radius 3 is 2.62 bits per heavy atom. The first kappa shape index (κ1) is 22.8. The molecule has 0 aliphatic heterocycles. The van der Waals surface area contributed by atoms with Crippen LogP contribution in [0.15, 0.2) is 48.8 Å². The third kappa shape index (κ3) is 6.56. The second-order valence-corrected chi connectivity index (χ2v) is 8.20. The molecule has 9 heteroatoms. The number of nitrogens with zero attached hydrogens (tertiary/aromatic N) is 1. The van der Waals surface area contributed by atoms with Crippen LogP contribution in [-0.4, -0.2) is 40.0 Å². The van der Waals surface area contributed by atoms with Crippen molar-refractivity contribution in [2.75, 3.05) is 11.9 Å². The number of alkyl carbamates (subject to hydrolysis) is 1. The molecule has 0 spiro atoms. The van der Waals surface area contributed by atoms with Crippen LogP contribution in [0.1, 0.15) is 43.1 Å². The van der Waals surface area contributed by atoms with E-state index in [4.69, 9.17) is 4.74 Å². The Morgan fingerprint density at radius 1 is 1.06 bits per heavy atom. The van der Waals surface area contributed by atoms with Crippen molar-refractivity contribution < 1.29 is 19.1 Å². The van der Waals surface area contributed by atoms with Crippen LogP contribution in [0.25, 0.3) is 11.0 Å². The number of H-pyrrole nitrogens is 1. The number of hydrogen-bond donors (Lipinski definition) is 4. The molecule has 168 valence electrons. The van der Waals surface area contributed by atoms with Gasteiger partial charge in [0.15, 0.2) is 0 Å². The van der Waals surface area contributed by atoms with E-state index < -0.39 is 11.7 Å². The predicted molar refractivity (Wildman–Crippen MR) is 121 cm³/mol. The Labute approximate surface area is 185 Å². The van der Waals surface area contributed by atoms with Crippen molar-refractivity contribution >= 4 is 34.6 Å². The van der Waals surface area contributed by atoms with Crippen LogP contribution in [0, 0.1) is 0 Å². The van der Waals surface area contributed by atoms with Gasteiger partial charge in [-0.25, -0.2) is 9.78 Å². The van der Waals surface area contributed by atoms with Crippen LogP contribution in [-0.2, 0) is 16.1 Å². The lowest BCUT2D eigenvalue weighted by Gasteiger charge is -2.19. The maximum absolute atomic E-state index is 12.7. The summed E-state index contributed by atoms with van der Waals surface area (Å²) in [5.74, 6) is -0.492. The van der Waals surface area contributed by atoms with Gasteiger partial charge in [0.25, 0.3) is 5.91 Å². The summed E-state index contributed by atoms with van der Waals surface area (Å²) >= 11 is 0. The molecule has 0 aliphatic carbocycles. The summed E-state index contributed by atoms with van der Waals surface area (Å²) < 4.78 is 5.13. The molecule has 9 nitrogen and oxygen atoms in total. The van der Waals surface area contributed by atoms with E-state index in [1.165, 1.54) is 0 Å². The van der Waals surface area contributed by atoms with E-state index in [9.17, 15) is 14.4 Å². The third-order valence-electron chi connectivity index (χ3n) is 4.44. The van der Waals surface area contributed by atoms with E-state index in [1.54, 1.807) is 51.4 Å². The smallest absolute Gasteiger partial charge is 0.407 e. The number of anilines is 1. The van der Waals surface area contributed by atoms with Crippen molar-refractivity contribution in [3.63, 3.8) is 0 Å². The standard InChI is InChI=1S/C23H27N5O4/c1-23(2,3)32-22(31)24-11-10-20(29)25-13-16-6-4-5-7-17(16)28-21(30)15-8-9-18-19(12-15)27-14-26-18/h4-9,12,14H,10-11,13H2,1-3H3,(H,24,31)(H,25,29)(H,26,27)(H,28,30). The lowest BCUT2D eigenvalue weighted by Crippen LogP contribution is -2.35. The Kier molecular flexibility index (Phi) is 7.09. The first-order chi connectivity index (χ1) is 15.2. The maximum atomic E-state index is 12.7. The molecule has 3 amide bonds. The van der Waals surface area contributed by atoms with Crippen LogP contribution in [0.4, 0.5) is 10.5 Å². The summed E-state index contributed by atoms with van der Waals surface area (Å²) in [7, 11) is 0. The number of imidazole rings is 1. The van der Waals surface area contributed by atoms with Gasteiger partial charge in [-0.15, -0.1) is 0 Å². The number of benzene rings is 2. The molecule has 0 radical (unpaired) electrons. The quantitative estimate of drug-likeness (QED) is 0.451. The molecule has 32 heavy (non-hydrogen) atoms. The van der Waals surface area contributed by atoms with Crippen molar-refractivity contribution in [1.82, 2.24) is 20.6 Å². The highest BCUT2D eigenvalue weighted by Gasteiger charge is 2.16. The minimum absolute atomic E-state index is 0.109. The van der Waals surface area contributed by atoms with Gasteiger partial charge in [-0.2, -0.15) is 0 Å². The molecule has 3 rings (SSSR count). The maximum Gasteiger partial charge on any atom is 0.407 e. The molecule has 0 saturated heterocycles. The zero-order chi connectivity index (χ0) is 23.1. The van der Waals surface area contributed by atoms with Gasteiger partial charge in [0.2, 0.25) is 5.91 Å². The van der Waals surface area contributed by atoms with E-state index in [1.807, 2.05) is 18.2 Å². The van der Waals surface area contributed by atoms with Crippen molar-refractivity contribution in [3.05, 3.63) is 59.9 Å². The van der Waals surface area contributed by atoms with E-state index in [-0.39, 0.29) is 31.3 Å². The van der Waals surface area contributed by atoms with Crippen LogP contribution >= 0.6 is 0 Å². The number of nitrogens with one attached hydrogen (secondary N) is 4. The summed E-state index contributed by atoms with van der Waals surface area (Å²) in [6.45, 7) is 5.71. The van der Waals surface area contributed by atoms with Crippen LogP contribution in [0.5, 0.6) is 0 Å². The second-order valence-electron chi connectivity index (χ2n) is 8.20. The van der Waals surface area contributed by atoms with E-state index in [0.29, 0.717) is 11.3 Å². The summed E-state index contributed by atoms with van der Waals surface area (Å²) in [6.07, 6.45) is 1.12. The fourth-order valence-electron chi connectivity index (χ4n) is 2.94. The summed E-state index contributed by atoms with van der Waals surface area (Å²) in [5.41, 5.74) is 2.83. The molecule has 3 aromatic rings. The van der Waals surface area contributed by atoms with Gasteiger partial charge in [-0.05, 0) is 50.6 Å². The topological polar surface area (TPSA) is 125 Å². The molecule has 4 N–H and O–H groups in total. The normalized spacial score (nSPS) is 11.1. The molecular weight excluding hydrogens is 410 g/mol. The van der Waals surface area contributed by atoms with Crippen LogP contribution in [0.3, 0.4) is 0 Å². The van der Waals surface area contributed by atoms with Crippen molar-refractivity contribution in [2.24, 2.45) is 0 Å². The van der Waals surface area contributed by atoms with Gasteiger partial charge in [-0.3, -0.25) is 9.59 Å². The van der Waals surface area contributed by atoms with Crippen LogP contribution in [0.2, 0.25) is 0 Å². The Balaban J connectivity index is 1.52. The van der Waals surface area contributed by atoms with Gasteiger partial charge in [0, 0.05) is 30.8 Å². The molecule has 0 bridgehead atoms. The molecule has 0 saturated carbocycles. The summed E-state index contributed by atoms with van der Waals surface area (Å²) in [5, 5.41) is 8.24. The van der Waals surface area contributed by atoms with Crippen molar-refractivity contribution in [2.45, 2.75) is 39.3 Å². The molecule has 2 aromatic carbocycles. The highest BCUT2D eigenvalue weighted by Crippen LogP contribution is 2.18. The zero-order valence-electron chi connectivity index (χ0n) is 18.3. The van der Waals surface area contributed by atoms with Crippen molar-refractivity contribution in [3.8, 4) is 0 Å². The number of carbonyl (C=O) groups is 3. The molecule has 0 atom stereocenters. The number of ether oxygens (including phenoxy) is 1. The van der Waals surface area contributed by atoms with Crippen molar-refractivity contribution in [1.29, 1.82) is 0 Å². The Hall–Kier alpha value is -3.88. The predicted octanol–water partition coefficient (Wildman–Crippen LogP) is 3.35. The van der Waals surface area contributed by atoms with E-state index in [2.05, 4.69) is 25.9 Å². The first-order valence-electron chi connectivity index (χ1n) is 10.3. The molecule has 0 aliphatic rings. The fourth-order valence-corrected chi connectivity index (χ4v) is 2.94. The number of aromatic amines is 1. The number of aromatic nitrogens is 2. The zero-order valence-corrected chi connectivity index (χ0v) is 18.3. The molecular formula is C23H27N5O4. The number of hydrogen-bond acceptors (Lipinski definition) is 5. The number of fused-ring (bicyclic) bond motifs is 1. The van der Waals surface area contributed by atoms with Gasteiger partial charge < -0.3 is 25.7 Å². The van der Waals surface area contributed by atoms with E-state index >= 15 is 0 Å².